The molecule has 0 radical (unpaired) electrons. The third-order valence-corrected chi connectivity index (χ3v) is 14.9. The van der Waals surface area contributed by atoms with Crippen LogP contribution in [0.2, 0.25) is 0 Å². The van der Waals surface area contributed by atoms with E-state index in [9.17, 15) is 0 Å². The number of hydrogen-bond donors (Lipinski definition) is 0. The fraction of sp³-hybridized carbons (Fsp3) is 0.188. The Morgan fingerprint density at radius 1 is 0.338 bits per heavy atom. The zero-order valence-corrected chi connectivity index (χ0v) is 43.2. The molecule has 2 heteroatoms. The molecule has 0 bridgehead atoms. The molecule has 0 fully saturated rings. The Morgan fingerprint density at radius 3 is 1.13 bits per heavy atom. The lowest BCUT2D eigenvalue weighted by Gasteiger charge is -2.29. The molecule has 0 aliphatic carbocycles. The molecule has 0 saturated carbocycles. The first-order chi connectivity index (χ1) is 34.1. The Bertz CT molecular complexity index is 3570. The Labute approximate surface area is 422 Å². The third kappa shape index (κ3) is 9.40. The summed E-state index contributed by atoms with van der Waals surface area (Å²) in [5.41, 5.74) is 22.2. The molecular weight excluding hydrogens is 857 g/mol. The van der Waals surface area contributed by atoms with Crippen LogP contribution in [0.1, 0.15) is 81.3 Å². The molecule has 0 unspecified atom stereocenters. The lowest BCUT2D eigenvalue weighted by Crippen LogP contribution is -2.17. The van der Waals surface area contributed by atoms with E-state index in [1.807, 2.05) is 0 Å². The van der Waals surface area contributed by atoms with Crippen molar-refractivity contribution in [2.24, 2.45) is 0 Å². The maximum atomic E-state index is 2.39. The highest BCUT2D eigenvalue weighted by molar-refractivity contribution is 6.09. The van der Waals surface area contributed by atoms with E-state index in [-0.39, 0.29) is 10.8 Å². The van der Waals surface area contributed by atoms with Gasteiger partial charge in [0.2, 0.25) is 0 Å². The molecule has 0 saturated heterocycles. The van der Waals surface area contributed by atoms with Crippen LogP contribution in [0.4, 0.5) is 34.1 Å². The van der Waals surface area contributed by atoms with Gasteiger partial charge >= 0.3 is 0 Å². The summed E-state index contributed by atoms with van der Waals surface area (Å²) in [4.78, 5) is 4.77. The van der Waals surface area contributed by atoms with E-state index in [0.717, 1.165) is 34.9 Å². The van der Waals surface area contributed by atoms with Crippen LogP contribution in [0.25, 0.3) is 54.9 Å². The molecule has 0 atom stereocenters. The van der Waals surface area contributed by atoms with Gasteiger partial charge in [0, 0.05) is 34.1 Å². The monoisotopic (exact) mass is 923 g/mol. The van der Waals surface area contributed by atoms with Crippen molar-refractivity contribution in [1.29, 1.82) is 0 Å². The molecule has 0 aromatic heterocycles. The van der Waals surface area contributed by atoms with Crippen LogP contribution < -0.4 is 9.80 Å². The SMILES string of the molecule is CCC(C)(C)c1cccc(N(c2ccc(-c3ccc4c(-c5c(C)ccc6cc(-c7ccc(N(c8cccc(C)c8)c8cccc(C(C)(C)C)c8)cc7)ccc56)c(C)ccc4c3)cc2)c2cccc(C)c2)c1. The molecule has 10 aromatic rings. The Morgan fingerprint density at radius 2 is 0.718 bits per heavy atom. The first kappa shape index (κ1) is 47.0. The third-order valence-electron chi connectivity index (χ3n) is 14.9. The van der Waals surface area contributed by atoms with Crippen molar-refractivity contribution in [2.75, 3.05) is 9.80 Å². The number of anilines is 6. The Hall–Kier alpha value is -7.68. The summed E-state index contributed by atoms with van der Waals surface area (Å²) < 4.78 is 0. The minimum Gasteiger partial charge on any atom is -0.310 e. The van der Waals surface area contributed by atoms with Crippen LogP contribution in [0, 0.1) is 27.7 Å². The van der Waals surface area contributed by atoms with Crippen LogP contribution in [0.5, 0.6) is 0 Å². The van der Waals surface area contributed by atoms with Crippen molar-refractivity contribution in [2.45, 2.75) is 86.5 Å². The van der Waals surface area contributed by atoms with E-state index in [1.54, 1.807) is 0 Å². The fourth-order valence-electron chi connectivity index (χ4n) is 10.3. The lowest BCUT2D eigenvalue weighted by molar-refractivity contribution is 0.506. The molecule has 0 heterocycles. The summed E-state index contributed by atoms with van der Waals surface area (Å²) in [6.07, 6.45) is 1.07. The summed E-state index contributed by atoms with van der Waals surface area (Å²) in [6.45, 7) is 22.6. The predicted octanol–water partition coefficient (Wildman–Crippen LogP) is 20.2. The smallest absolute Gasteiger partial charge is 0.0464 e. The average Bonchev–Trinajstić information content (AvgIpc) is 3.37. The summed E-state index contributed by atoms with van der Waals surface area (Å²) in [6, 6.07) is 77.0. The highest BCUT2D eigenvalue weighted by atomic mass is 15.1. The number of benzene rings is 10. The number of rotatable bonds is 11. The van der Waals surface area contributed by atoms with Crippen LogP contribution in [-0.4, -0.2) is 0 Å². The van der Waals surface area contributed by atoms with Gasteiger partial charge in [-0.05, 0) is 218 Å². The van der Waals surface area contributed by atoms with Crippen LogP contribution >= 0.6 is 0 Å². The van der Waals surface area contributed by atoms with Gasteiger partial charge in [0.15, 0.2) is 0 Å². The van der Waals surface area contributed by atoms with E-state index in [1.165, 1.54) is 94.0 Å². The zero-order chi connectivity index (χ0) is 49.6. The first-order valence-corrected chi connectivity index (χ1v) is 25.4. The van der Waals surface area contributed by atoms with Gasteiger partial charge in [-0.2, -0.15) is 0 Å². The summed E-state index contributed by atoms with van der Waals surface area (Å²) in [5.74, 6) is 0. The van der Waals surface area contributed by atoms with Crippen LogP contribution in [0.3, 0.4) is 0 Å². The number of nitrogens with zero attached hydrogens (tertiary/aromatic N) is 2. The van der Waals surface area contributed by atoms with Crippen molar-refractivity contribution in [3.8, 4) is 33.4 Å². The highest BCUT2D eigenvalue weighted by Crippen LogP contribution is 2.44. The lowest BCUT2D eigenvalue weighted by atomic mass is 9.82. The van der Waals surface area contributed by atoms with E-state index in [4.69, 9.17) is 0 Å². The molecule has 10 aromatic carbocycles. The van der Waals surface area contributed by atoms with Gasteiger partial charge in [-0.15, -0.1) is 0 Å². The number of hydrogen-bond acceptors (Lipinski definition) is 2. The maximum Gasteiger partial charge on any atom is 0.0464 e. The van der Waals surface area contributed by atoms with Gasteiger partial charge in [-0.3, -0.25) is 0 Å². The normalized spacial score (nSPS) is 11.9. The molecule has 352 valence electrons. The molecule has 2 nitrogen and oxygen atoms in total. The van der Waals surface area contributed by atoms with Gasteiger partial charge in [-0.25, -0.2) is 0 Å². The quantitative estimate of drug-likeness (QED) is 0.128. The molecule has 10 rings (SSSR count). The van der Waals surface area contributed by atoms with Crippen LogP contribution in [0.15, 0.2) is 206 Å². The Balaban J connectivity index is 0.971. The first-order valence-electron chi connectivity index (χ1n) is 25.4. The maximum absolute atomic E-state index is 2.39. The molecular formula is C69H66N2. The zero-order valence-electron chi connectivity index (χ0n) is 43.2. The number of aryl methyl sites for hydroxylation is 4. The van der Waals surface area contributed by atoms with Gasteiger partial charge in [0.25, 0.3) is 0 Å². The van der Waals surface area contributed by atoms with Gasteiger partial charge < -0.3 is 9.80 Å². The molecule has 0 aliphatic rings. The summed E-state index contributed by atoms with van der Waals surface area (Å²) in [5, 5.41) is 5.02. The number of fused-ring (bicyclic) bond motifs is 2. The second kappa shape index (κ2) is 18.9. The summed E-state index contributed by atoms with van der Waals surface area (Å²) in [7, 11) is 0. The van der Waals surface area contributed by atoms with E-state index in [0.29, 0.717) is 0 Å². The van der Waals surface area contributed by atoms with E-state index < -0.39 is 0 Å². The molecule has 0 spiro atoms. The standard InChI is InChI=1S/C69H66N2/c1-11-69(9,10)57-19-15-23-63(45-57)71(61-21-13-17-47(3)41-61)59-36-30-51(31-37-59)53-33-39-65-55(43-53)27-25-49(5)67(65)66-48(4)24-26-54-42-52(32-38-64(54)66)50-28-34-58(35-29-50)70(60-20-12-16-46(2)40-60)62-22-14-18-56(44-62)68(6,7)8/h12-45H,11H2,1-10H3. The topological polar surface area (TPSA) is 6.48 Å². The fourth-order valence-corrected chi connectivity index (χ4v) is 10.3. The highest BCUT2D eigenvalue weighted by Gasteiger charge is 2.22. The van der Waals surface area contributed by atoms with Crippen molar-refractivity contribution < 1.29 is 0 Å². The minimum absolute atomic E-state index is 0.0449. The molecule has 0 N–H and O–H groups in total. The Kier molecular flexibility index (Phi) is 12.5. The molecule has 0 aliphatic heterocycles. The van der Waals surface area contributed by atoms with Crippen molar-refractivity contribution >= 4 is 55.7 Å². The van der Waals surface area contributed by atoms with Gasteiger partial charge in [0.05, 0.1) is 0 Å². The minimum atomic E-state index is 0.0449. The second-order valence-electron chi connectivity index (χ2n) is 21.4. The van der Waals surface area contributed by atoms with Crippen LogP contribution in [-0.2, 0) is 10.8 Å². The average molecular weight is 923 g/mol. The van der Waals surface area contributed by atoms with Gasteiger partial charge in [0.1, 0.15) is 0 Å². The van der Waals surface area contributed by atoms with Gasteiger partial charge in [-0.1, -0.05) is 163 Å². The van der Waals surface area contributed by atoms with E-state index in [2.05, 4.69) is 285 Å². The van der Waals surface area contributed by atoms with Crippen molar-refractivity contribution in [3.63, 3.8) is 0 Å². The second-order valence-corrected chi connectivity index (χ2v) is 21.4. The van der Waals surface area contributed by atoms with Crippen molar-refractivity contribution in [3.05, 3.63) is 240 Å². The van der Waals surface area contributed by atoms with Crippen molar-refractivity contribution in [1.82, 2.24) is 0 Å². The predicted molar refractivity (Wildman–Crippen MR) is 308 cm³/mol. The molecule has 71 heavy (non-hydrogen) atoms. The van der Waals surface area contributed by atoms with E-state index >= 15 is 0 Å². The molecule has 0 amide bonds. The summed E-state index contributed by atoms with van der Waals surface area (Å²) >= 11 is 0. The largest absolute Gasteiger partial charge is 0.310 e.